The van der Waals surface area contributed by atoms with Crippen LogP contribution in [0.4, 0.5) is 0 Å². The lowest BCUT2D eigenvalue weighted by Gasteiger charge is -2.28. The fourth-order valence-electron chi connectivity index (χ4n) is 2.62. The second-order valence-electron chi connectivity index (χ2n) is 5.08. The maximum Gasteiger partial charge on any atom is 0.252 e. The van der Waals surface area contributed by atoms with Crippen molar-refractivity contribution >= 4 is 21.8 Å². The van der Waals surface area contributed by atoms with Gasteiger partial charge in [0, 0.05) is 10.5 Å². The zero-order valence-electron chi connectivity index (χ0n) is 10.8. The summed E-state index contributed by atoms with van der Waals surface area (Å²) >= 11 is 3.42. The summed E-state index contributed by atoms with van der Waals surface area (Å²) in [5.74, 6) is 0.907. The van der Waals surface area contributed by atoms with Gasteiger partial charge in [-0.25, -0.2) is 0 Å². The molecule has 0 radical (unpaired) electrons. The van der Waals surface area contributed by atoms with Crippen molar-refractivity contribution in [2.75, 3.05) is 0 Å². The molecule has 18 heavy (non-hydrogen) atoms. The molecule has 98 valence electrons. The molecule has 1 aromatic carbocycles. The molecule has 0 atom stereocenters. The fraction of sp³-hybridized carbons (Fsp3) is 0.533. The molecule has 0 bridgehead atoms. The largest absolute Gasteiger partial charge is 0.349 e. The zero-order chi connectivity index (χ0) is 13.0. The van der Waals surface area contributed by atoms with Crippen molar-refractivity contribution in [1.82, 2.24) is 5.32 Å². The summed E-state index contributed by atoms with van der Waals surface area (Å²) in [5, 5.41) is 3.15. The Balaban J connectivity index is 1.91. The minimum Gasteiger partial charge on any atom is -0.349 e. The van der Waals surface area contributed by atoms with Crippen LogP contribution in [0.2, 0.25) is 0 Å². The van der Waals surface area contributed by atoms with Crippen LogP contribution >= 0.6 is 15.9 Å². The third-order valence-electron chi connectivity index (χ3n) is 3.88. The second-order valence-corrected chi connectivity index (χ2v) is 5.93. The molecule has 3 heteroatoms. The van der Waals surface area contributed by atoms with Crippen LogP contribution in [0, 0.1) is 5.92 Å². The van der Waals surface area contributed by atoms with Gasteiger partial charge in [0.25, 0.3) is 5.91 Å². The summed E-state index contributed by atoms with van der Waals surface area (Å²) in [6, 6.07) is 7.94. The molecule has 0 saturated heterocycles. The molecule has 1 amide bonds. The molecule has 2 nitrogen and oxygen atoms in total. The van der Waals surface area contributed by atoms with Crippen molar-refractivity contribution < 1.29 is 4.79 Å². The monoisotopic (exact) mass is 309 g/mol. The van der Waals surface area contributed by atoms with Gasteiger partial charge in [-0.2, -0.15) is 0 Å². The van der Waals surface area contributed by atoms with Crippen LogP contribution in [0.1, 0.15) is 49.4 Å². The molecule has 0 aromatic heterocycles. The number of amides is 1. The Bertz CT molecular complexity index is 411. The average molecular weight is 310 g/mol. The Morgan fingerprint density at radius 3 is 2.56 bits per heavy atom. The highest BCUT2D eigenvalue weighted by atomic mass is 79.9. The van der Waals surface area contributed by atoms with Crippen LogP contribution in [-0.4, -0.2) is 11.9 Å². The van der Waals surface area contributed by atoms with Crippen LogP contribution in [-0.2, 0) is 0 Å². The molecule has 1 N–H and O–H groups in total. The number of nitrogens with one attached hydrogen (secondary N) is 1. The minimum absolute atomic E-state index is 0.0439. The summed E-state index contributed by atoms with van der Waals surface area (Å²) in [6.45, 7) is 2.25. The Morgan fingerprint density at radius 1 is 1.28 bits per heavy atom. The van der Waals surface area contributed by atoms with Gasteiger partial charge in [0.15, 0.2) is 0 Å². The number of benzene rings is 1. The van der Waals surface area contributed by atoms with E-state index in [9.17, 15) is 4.79 Å². The lowest BCUT2D eigenvalue weighted by Crippen LogP contribution is -2.37. The van der Waals surface area contributed by atoms with Crippen molar-refractivity contribution in [2.24, 2.45) is 5.92 Å². The first-order valence-corrected chi connectivity index (χ1v) is 7.55. The van der Waals surface area contributed by atoms with Gasteiger partial charge in [-0.05, 0) is 59.7 Å². The summed E-state index contributed by atoms with van der Waals surface area (Å²) in [6.07, 6.45) is 6.00. The summed E-state index contributed by atoms with van der Waals surface area (Å²) < 4.78 is 0.866. The highest BCUT2D eigenvalue weighted by molar-refractivity contribution is 9.10. The van der Waals surface area contributed by atoms with Gasteiger partial charge in [0.05, 0.1) is 5.56 Å². The molecule has 1 saturated carbocycles. The number of rotatable bonds is 3. The SMILES string of the molecule is CCC1CCC(NC(=O)c2ccccc2Br)CC1. The van der Waals surface area contributed by atoms with E-state index >= 15 is 0 Å². The second kappa shape index (κ2) is 6.37. The maximum absolute atomic E-state index is 12.1. The molecule has 1 aliphatic rings. The molecule has 1 aromatic rings. The van der Waals surface area contributed by atoms with Crippen LogP contribution in [0.5, 0.6) is 0 Å². The predicted octanol–water partition coefficient (Wildman–Crippen LogP) is 4.15. The van der Waals surface area contributed by atoms with Crippen molar-refractivity contribution in [2.45, 2.75) is 45.1 Å². The summed E-state index contributed by atoms with van der Waals surface area (Å²) in [4.78, 5) is 12.1. The van der Waals surface area contributed by atoms with Gasteiger partial charge >= 0.3 is 0 Å². The van der Waals surface area contributed by atoms with E-state index in [0.717, 1.165) is 28.8 Å². The summed E-state index contributed by atoms with van der Waals surface area (Å²) in [7, 11) is 0. The number of hydrogen-bond donors (Lipinski definition) is 1. The Morgan fingerprint density at radius 2 is 1.94 bits per heavy atom. The van der Waals surface area contributed by atoms with E-state index in [1.165, 1.54) is 19.3 Å². The molecular weight excluding hydrogens is 290 g/mol. The van der Waals surface area contributed by atoms with E-state index in [1.807, 2.05) is 24.3 Å². The first-order valence-electron chi connectivity index (χ1n) is 6.76. The van der Waals surface area contributed by atoms with Crippen molar-refractivity contribution in [3.05, 3.63) is 34.3 Å². The van der Waals surface area contributed by atoms with E-state index in [0.29, 0.717) is 6.04 Å². The van der Waals surface area contributed by atoms with Crippen LogP contribution in [0.15, 0.2) is 28.7 Å². The van der Waals surface area contributed by atoms with E-state index in [1.54, 1.807) is 0 Å². The van der Waals surface area contributed by atoms with E-state index in [4.69, 9.17) is 0 Å². The molecule has 1 aliphatic carbocycles. The molecule has 0 unspecified atom stereocenters. The van der Waals surface area contributed by atoms with Crippen LogP contribution in [0.25, 0.3) is 0 Å². The molecular formula is C15H20BrNO. The third-order valence-corrected chi connectivity index (χ3v) is 4.57. The van der Waals surface area contributed by atoms with E-state index in [2.05, 4.69) is 28.2 Å². The number of hydrogen-bond acceptors (Lipinski definition) is 1. The zero-order valence-corrected chi connectivity index (χ0v) is 12.4. The Hall–Kier alpha value is -0.830. The van der Waals surface area contributed by atoms with Gasteiger partial charge in [0.2, 0.25) is 0 Å². The fourth-order valence-corrected chi connectivity index (χ4v) is 3.09. The molecule has 2 rings (SSSR count). The van der Waals surface area contributed by atoms with E-state index in [-0.39, 0.29) is 5.91 Å². The first-order chi connectivity index (χ1) is 8.70. The number of carbonyl (C=O) groups excluding carboxylic acids is 1. The van der Waals surface area contributed by atoms with Gasteiger partial charge in [0.1, 0.15) is 0 Å². The van der Waals surface area contributed by atoms with Crippen LogP contribution in [0.3, 0.4) is 0 Å². The molecule has 0 aliphatic heterocycles. The minimum atomic E-state index is 0.0439. The standard InChI is InChI=1S/C15H20BrNO/c1-2-11-7-9-12(10-8-11)17-15(18)13-5-3-4-6-14(13)16/h3-6,11-12H,2,7-10H2,1H3,(H,17,18). The third kappa shape index (κ3) is 3.35. The first kappa shape index (κ1) is 13.6. The molecule has 0 heterocycles. The lowest BCUT2D eigenvalue weighted by atomic mass is 9.84. The quantitative estimate of drug-likeness (QED) is 0.893. The Labute approximate surface area is 117 Å². The molecule has 0 spiro atoms. The van der Waals surface area contributed by atoms with Gasteiger partial charge in [-0.1, -0.05) is 25.5 Å². The average Bonchev–Trinajstić information content (AvgIpc) is 2.40. The Kier molecular flexibility index (Phi) is 4.81. The highest BCUT2D eigenvalue weighted by Gasteiger charge is 2.22. The van der Waals surface area contributed by atoms with Crippen molar-refractivity contribution in [1.29, 1.82) is 0 Å². The van der Waals surface area contributed by atoms with Gasteiger partial charge in [-0.3, -0.25) is 4.79 Å². The summed E-state index contributed by atoms with van der Waals surface area (Å²) in [5.41, 5.74) is 0.732. The van der Waals surface area contributed by atoms with Crippen molar-refractivity contribution in [3.8, 4) is 0 Å². The van der Waals surface area contributed by atoms with Gasteiger partial charge in [-0.15, -0.1) is 0 Å². The lowest BCUT2D eigenvalue weighted by molar-refractivity contribution is 0.0921. The topological polar surface area (TPSA) is 29.1 Å². The number of halogens is 1. The van der Waals surface area contributed by atoms with E-state index < -0.39 is 0 Å². The molecule has 1 fully saturated rings. The van der Waals surface area contributed by atoms with Gasteiger partial charge < -0.3 is 5.32 Å². The van der Waals surface area contributed by atoms with Crippen LogP contribution < -0.4 is 5.32 Å². The highest BCUT2D eigenvalue weighted by Crippen LogP contribution is 2.27. The predicted molar refractivity (Wildman–Crippen MR) is 77.6 cm³/mol. The maximum atomic E-state index is 12.1. The van der Waals surface area contributed by atoms with Crippen molar-refractivity contribution in [3.63, 3.8) is 0 Å². The number of carbonyl (C=O) groups is 1. The smallest absolute Gasteiger partial charge is 0.252 e. The normalized spacial score (nSPS) is 23.7.